The molecule has 0 unspecified atom stereocenters. The van der Waals surface area contributed by atoms with Gasteiger partial charge in [0.2, 0.25) is 0 Å². The first-order valence-electron chi connectivity index (χ1n) is 8.16. The number of ether oxygens (including phenoxy) is 2. The molecular weight excluding hydrogens is 320 g/mol. The number of carboxylic acids is 2. The van der Waals surface area contributed by atoms with Crippen LogP contribution in [0.2, 0.25) is 0 Å². The molecule has 8 heteroatoms. The van der Waals surface area contributed by atoms with Crippen LogP contribution in [-0.2, 0) is 28.7 Å². The fourth-order valence-electron chi connectivity index (χ4n) is 1.84. The van der Waals surface area contributed by atoms with Crippen LogP contribution in [0.25, 0.3) is 0 Å². The van der Waals surface area contributed by atoms with Crippen LogP contribution in [0.15, 0.2) is 0 Å². The van der Waals surface area contributed by atoms with Crippen molar-refractivity contribution < 1.29 is 38.9 Å². The average Bonchev–Trinajstić information content (AvgIpc) is 2.49. The molecule has 0 aliphatic heterocycles. The van der Waals surface area contributed by atoms with E-state index in [9.17, 15) is 19.2 Å². The predicted molar refractivity (Wildman–Crippen MR) is 83.4 cm³/mol. The molecule has 0 aromatic heterocycles. The third-order valence-electron chi connectivity index (χ3n) is 3.11. The Hall–Kier alpha value is -2.12. The highest BCUT2D eigenvalue weighted by atomic mass is 16.5. The van der Waals surface area contributed by atoms with Gasteiger partial charge in [-0.15, -0.1) is 0 Å². The zero-order valence-corrected chi connectivity index (χ0v) is 13.8. The van der Waals surface area contributed by atoms with E-state index in [-0.39, 0.29) is 50.5 Å². The Balaban J connectivity index is 3.32. The van der Waals surface area contributed by atoms with Gasteiger partial charge >= 0.3 is 23.9 Å². The van der Waals surface area contributed by atoms with Crippen molar-refractivity contribution in [2.24, 2.45) is 0 Å². The maximum Gasteiger partial charge on any atom is 0.305 e. The maximum absolute atomic E-state index is 11.3. The van der Waals surface area contributed by atoms with Gasteiger partial charge in [0.05, 0.1) is 13.2 Å². The summed E-state index contributed by atoms with van der Waals surface area (Å²) in [7, 11) is 0. The van der Waals surface area contributed by atoms with E-state index in [0.717, 1.165) is 12.8 Å². The largest absolute Gasteiger partial charge is 0.481 e. The molecule has 138 valence electrons. The van der Waals surface area contributed by atoms with E-state index in [0.29, 0.717) is 26.1 Å². The lowest BCUT2D eigenvalue weighted by Gasteiger charge is -2.05. The Kier molecular flexibility index (Phi) is 13.2. The molecule has 0 rings (SSSR count). The smallest absolute Gasteiger partial charge is 0.305 e. The van der Waals surface area contributed by atoms with Gasteiger partial charge in [-0.25, -0.2) is 0 Å². The van der Waals surface area contributed by atoms with Gasteiger partial charge in [0.15, 0.2) is 0 Å². The molecule has 0 aliphatic carbocycles. The zero-order valence-electron chi connectivity index (χ0n) is 13.8. The number of hydrogen-bond donors (Lipinski definition) is 2. The van der Waals surface area contributed by atoms with Crippen LogP contribution in [0.4, 0.5) is 0 Å². The highest BCUT2D eigenvalue weighted by Gasteiger charge is 2.06. The molecule has 0 aliphatic rings. The molecule has 0 radical (unpaired) electrons. The first-order valence-corrected chi connectivity index (χ1v) is 8.16. The number of carbonyl (C=O) groups is 4. The molecule has 0 atom stereocenters. The summed E-state index contributed by atoms with van der Waals surface area (Å²) in [4.78, 5) is 43.1. The van der Waals surface area contributed by atoms with Crippen molar-refractivity contribution in [3.63, 3.8) is 0 Å². The molecule has 0 amide bonds. The number of hydrogen-bond acceptors (Lipinski definition) is 6. The Labute approximate surface area is 141 Å². The quantitative estimate of drug-likeness (QED) is 0.341. The van der Waals surface area contributed by atoms with Crippen LogP contribution in [-0.4, -0.2) is 47.3 Å². The lowest BCUT2D eigenvalue weighted by molar-refractivity contribution is -0.146. The third kappa shape index (κ3) is 16.3. The van der Waals surface area contributed by atoms with Gasteiger partial charge in [-0.05, 0) is 38.5 Å². The fourth-order valence-corrected chi connectivity index (χ4v) is 1.84. The van der Waals surface area contributed by atoms with E-state index >= 15 is 0 Å². The van der Waals surface area contributed by atoms with Gasteiger partial charge in [-0.3, -0.25) is 19.2 Å². The average molecular weight is 346 g/mol. The van der Waals surface area contributed by atoms with Crippen molar-refractivity contribution in [1.82, 2.24) is 0 Å². The standard InChI is InChI=1S/C16H26O8/c17-13(18)7-5-9-15(21)23-11-3-1-2-4-12-24-16(22)10-6-8-14(19)20/h1-12H2,(H,17,18)(H,19,20). The highest BCUT2D eigenvalue weighted by Crippen LogP contribution is 2.04. The van der Waals surface area contributed by atoms with Crippen LogP contribution in [0, 0.1) is 0 Å². The first-order chi connectivity index (χ1) is 11.4. The summed E-state index contributed by atoms with van der Waals surface area (Å²) in [6, 6.07) is 0. The molecule has 0 heterocycles. The molecule has 0 saturated carbocycles. The number of aliphatic carboxylic acids is 2. The molecule has 8 nitrogen and oxygen atoms in total. The summed E-state index contributed by atoms with van der Waals surface area (Å²) in [5, 5.41) is 16.9. The lowest BCUT2D eigenvalue weighted by atomic mass is 10.2. The maximum atomic E-state index is 11.3. The number of carboxylic acid groups (broad SMARTS) is 2. The highest BCUT2D eigenvalue weighted by molar-refractivity contribution is 5.72. The number of esters is 2. The second kappa shape index (κ2) is 14.5. The molecule has 0 aromatic carbocycles. The van der Waals surface area contributed by atoms with Crippen molar-refractivity contribution in [3.8, 4) is 0 Å². The summed E-state index contributed by atoms with van der Waals surface area (Å²) < 4.78 is 9.93. The minimum absolute atomic E-state index is 0.0376. The molecule has 0 saturated heterocycles. The van der Waals surface area contributed by atoms with E-state index in [1.807, 2.05) is 0 Å². The van der Waals surface area contributed by atoms with Gasteiger partial charge in [-0.2, -0.15) is 0 Å². The summed E-state index contributed by atoms with van der Waals surface area (Å²) in [6.45, 7) is 0.613. The van der Waals surface area contributed by atoms with Crippen molar-refractivity contribution in [1.29, 1.82) is 0 Å². The van der Waals surface area contributed by atoms with Crippen LogP contribution in [0.5, 0.6) is 0 Å². The minimum atomic E-state index is -0.926. The number of carbonyl (C=O) groups excluding carboxylic acids is 2. The topological polar surface area (TPSA) is 127 Å². The van der Waals surface area contributed by atoms with Crippen molar-refractivity contribution in [3.05, 3.63) is 0 Å². The van der Waals surface area contributed by atoms with Crippen LogP contribution < -0.4 is 0 Å². The molecule has 24 heavy (non-hydrogen) atoms. The monoisotopic (exact) mass is 346 g/mol. The van der Waals surface area contributed by atoms with Gasteiger partial charge in [0.1, 0.15) is 0 Å². The summed E-state index contributed by atoms with van der Waals surface area (Å²) >= 11 is 0. The van der Waals surface area contributed by atoms with E-state index in [1.54, 1.807) is 0 Å². The van der Waals surface area contributed by atoms with E-state index < -0.39 is 11.9 Å². The molecular formula is C16H26O8. The van der Waals surface area contributed by atoms with E-state index in [2.05, 4.69) is 0 Å². The van der Waals surface area contributed by atoms with Gasteiger partial charge < -0.3 is 19.7 Å². The Bertz CT molecular complexity index is 367. The second-order valence-electron chi connectivity index (χ2n) is 5.35. The molecule has 0 aromatic rings. The number of rotatable bonds is 15. The normalized spacial score (nSPS) is 10.2. The fraction of sp³-hybridized carbons (Fsp3) is 0.750. The summed E-state index contributed by atoms with van der Waals surface area (Å²) in [5.74, 6) is -2.62. The van der Waals surface area contributed by atoms with Gasteiger partial charge in [-0.1, -0.05) is 0 Å². The summed E-state index contributed by atoms with van der Waals surface area (Å²) in [6.07, 6.45) is 3.80. The molecule has 0 spiro atoms. The lowest BCUT2D eigenvalue weighted by Crippen LogP contribution is -2.08. The van der Waals surface area contributed by atoms with Crippen molar-refractivity contribution in [2.75, 3.05) is 13.2 Å². The zero-order chi connectivity index (χ0) is 18.2. The van der Waals surface area contributed by atoms with Crippen LogP contribution in [0.3, 0.4) is 0 Å². The van der Waals surface area contributed by atoms with Crippen LogP contribution >= 0.6 is 0 Å². The van der Waals surface area contributed by atoms with E-state index in [4.69, 9.17) is 19.7 Å². The SMILES string of the molecule is O=C(O)CCCC(=O)OCCCCCCOC(=O)CCCC(=O)O. The second-order valence-corrected chi connectivity index (χ2v) is 5.35. The predicted octanol–water partition coefficient (Wildman–Crippen LogP) is 2.14. The molecule has 0 fully saturated rings. The summed E-state index contributed by atoms with van der Waals surface area (Å²) in [5.41, 5.74) is 0. The Morgan fingerprint density at radius 1 is 0.542 bits per heavy atom. The van der Waals surface area contributed by atoms with Crippen molar-refractivity contribution in [2.45, 2.75) is 64.2 Å². The van der Waals surface area contributed by atoms with Crippen molar-refractivity contribution >= 4 is 23.9 Å². The Morgan fingerprint density at radius 3 is 1.25 bits per heavy atom. The first kappa shape index (κ1) is 21.9. The molecule has 0 bridgehead atoms. The molecule has 2 N–H and O–H groups in total. The number of unbranched alkanes of at least 4 members (excludes halogenated alkanes) is 3. The van der Waals surface area contributed by atoms with Gasteiger partial charge in [0.25, 0.3) is 0 Å². The minimum Gasteiger partial charge on any atom is -0.481 e. The third-order valence-corrected chi connectivity index (χ3v) is 3.11. The van der Waals surface area contributed by atoms with E-state index in [1.165, 1.54) is 0 Å². The van der Waals surface area contributed by atoms with Crippen LogP contribution in [0.1, 0.15) is 64.2 Å². The Morgan fingerprint density at radius 2 is 0.917 bits per heavy atom. The van der Waals surface area contributed by atoms with Gasteiger partial charge in [0, 0.05) is 25.7 Å².